The fraction of sp³-hybridized carbons (Fsp3) is 0.0333. The zero-order valence-electron chi connectivity index (χ0n) is 33.4. The van der Waals surface area contributed by atoms with E-state index in [0.717, 1.165) is 6.42 Å². The monoisotopic (exact) mass is 790 g/mol. The lowest BCUT2D eigenvalue weighted by molar-refractivity contribution is 0.871. The van der Waals surface area contributed by atoms with Gasteiger partial charge in [-0.3, -0.25) is 0 Å². The summed E-state index contributed by atoms with van der Waals surface area (Å²) in [6.45, 7) is 0. The highest BCUT2D eigenvalue weighted by molar-refractivity contribution is 7.25. The zero-order valence-corrected chi connectivity index (χ0v) is 34.2. The number of allylic oxidation sites excluding steroid dienone is 4. The molecule has 1 unspecified atom stereocenters. The van der Waals surface area contributed by atoms with E-state index in [-0.39, 0.29) is 0 Å². The third-order valence-electron chi connectivity index (χ3n) is 13.4. The Kier molecular flexibility index (Phi) is 7.70. The number of hydrogen-bond donors (Lipinski definition) is 0. The number of rotatable bonds is 4. The van der Waals surface area contributed by atoms with E-state index >= 15 is 0 Å². The molecule has 0 saturated carbocycles. The maximum Gasteiger partial charge on any atom is 0.0355 e. The van der Waals surface area contributed by atoms with Crippen molar-refractivity contribution >= 4 is 102 Å². The summed E-state index contributed by atoms with van der Waals surface area (Å²) >= 11 is 1.89. The minimum Gasteiger partial charge on any atom is -0.135 e. The van der Waals surface area contributed by atoms with Crippen LogP contribution in [0.15, 0.2) is 212 Å². The summed E-state index contributed by atoms with van der Waals surface area (Å²) in [6, 6.07) is 72.7. The summed E-state index contributed by atoms with van der Waals surface area (Å²) in [5.41, 5.74) is 9.13. The Morgan fingerprint density at radius 3 is 1.52 bits per heavy atom. The molecule has 1 aliphatic rings. The predicted octanol–water partition coefficient (Wildman–Crippen LogP) is 17.4. The molecule has 1 heterocycles. The third-order valence-corrected chi connectivity index (χ3v) is 14.5. The first-order chi connectivity index (χ1) is 30.3. The first-order valence-electron chi connectivity index (χ1n) is 21.3. The van der Waals surface area contributed by atoms with Crippen LogP contribution in [0, 0.1) is 0 Å². The third kappa shape index (κ3) is 5.31. The average molecular weight is 791 g/mol. The van der Waals surface area contributed by atoms with Crippen LogP contribution in [-0.4, -0.2) is 0 Å². The predicted molar refractivity (Wildman–Crippen MR) is 266 cm³/mol. The largest absolute Gasteiger partial charge is 0.135 e. The summed E-state index contributed by atoms with van der Waals surface area (Å²) in [4.78, 5) is 0. The van der Waals surface area contributed by atoms with Gasteiger partial charge in [0.05, 0.1) is 0 Å². The second kappa shape index (κ2) is 13.6. The van der Waals surface area contributed by atoms with Crippen LogP contribution in [0.5, 0.6) is 0 Å². The highest BCUT2D eigenvalue weighted by Crippen LogP contribution is 2.47. The molecule has 0 N–H and O–H groups in total. The van der Waals surface area contributed by atoms with Crippen LogP contribution < -0.4 is 0 Å². The quantitative estimate of drug-likeness (QED) is 0.123. The van der Waals surface area contributed by atoms with Gasteiger partial charge in [-0.15, -0.1) is 11.3 Å². The van der Waals surface area contributed by atoms with E-state index in [9.17, 15) is 0 Å². The second-order valence-corrected chi connectivity index (χ2v) is 17.7. The fourth-order valence-electron chi connectivity index (χ4n) is 10.7. The molecule has 0 radical (unpaired) electrons. The molecule has 13 rings (SSSR count). The van der Waals surface area contributed by atoms with Gasteiger partial charge in [0, 0.05) is 26.1 Å². The summed E-state index contributed by atoms with van der Waals surface area (Å²) in [5.74, 6) is 0.302. The van der Waals surface area contributed by atoms with E-state index in [1.807, 2.05) is 11.3 Å². The molecule has 0 saturated heterocycles. The lowest BCUT2D eigenvalue weighted by Crippen LogP contribution is -2.02. The van der Waals surface area contributed by atoms with E-state index in [4.69, 9.17) is 0 Å². The second-order valence-electron chi connectivity index (χ2n) is 16.6. The summed E-state index contributed by atoms with van der Waals surface area (Å²) in [5, 5.41) is 18.3. The van der Waals surface area contributed by atoms with Gasteiger partial charge in [0.25, 0.3) is 0 Å². The van der Waals surface area contributed by atoms with Crippen molar-refractivity contribution in [3.63, 3.8) is 0 Å². The van der Waals surface area contributed by atoms with Crippen LogP contribution >= 0.6 is 11.3 Å². The molecule has 1 heteroatoms. The Morgan fingerprint density at radius 1 is 0.361 bits per heavy atom. The number of hydrogen-bond acceptors (Lipinski definition) is 1. The molecule has 1 aromatic heterocycles. The van der Waals surface area contributed by atoms with Gasteiger partial charge in [-0.05, 0) is 134 Å². The molecule has 0 bridgehead atoms. The van der Waals surface area contributed by atoms with Gasteiger partial charge >= 0.3 is 0 Å². The smallest absolute Gasteiger partial charge is 0.0355 e. The van der Waals surface area contributed by atoms with Crippen molar-refractivity contribution in [3.05, 3.63) is 223 Å². The van der Waals surface area contributed by atoms with Crippen LogP contribution in [0.4, 0.5) is 0 Å². The Morgan fingerprint density at radius 2 is 0.852 bits per heavy atom. The summed E-state index contributed by atoms with van der Waals surface area (Å²) in [6.07, 6.45) is 7.99. The van der Waals surface area contributed by atoms with Crippen molar-refractivity contribution in [2.24, 2.45) is 0 Å². The standard InChI is InChI=1S/C60H38S/c1-2-18-44-42(16-1)43-17-3-5-21-47(43)60-48-22-6-4-19-45(48)53(36-55(44)60)37-28-30-38(31-29-37)58-49-23-7-9-25-51(49)59(52-26-10-8-24-50(52)58)41-15-13-14-39(34-41)40-32-33-57-54(35-40)46-20-11-12-27-56(46)61-57/h1-33,35-36,39H,34H2. The van der Waals surface area contributed by atoms with Gasteiger partial charge in [0.2, 0.25) is 0 Å². The fourth-order valence-corrected chi connectivity index (χ4v) is 11.8. The van der Waals surface area contributed by atoms with Gasteiger partial charge in [-0.25, -0.2) is 0 Å². The van der Waals surface area contributed by atoms with E-state index in [1.165, 1.54) is 124 Å². The van der Waals surface area contributed by atoms with Crippen LogP contribution in [-0.2, 0) is 0 Å². The Balaban J connectivity index is 0.943. The van der Waals surface area contributed by atoms with Crippen molar-refractivity contribution < 1.29 is 0 Å². The lowest BCUT2D eigenvalue weighted by Gasteiger charge is -2.24. The molecule has 1 aliphatic carbocycles. The van der Waals surface area contributed by atoms with Gasteiger partial charge in [-0.1, -0.05) is 188 Å². The molecular weight excluding hydrogens is 753 g/mol. The number of fused-ring (bicyclic) bond motifs is 13. The molecule has 0 aliphatic heterocycles. The molecule has 0 nitrogen and oxygen atoms in total. The van der Waals surface area contributed by atoms with Gasteiger partial charge in [0.15, 0.2) is 0 Å². The number of thiophene rings is 1. The Labute approximate surface area is 358 Å². The minimum atomic E-state index is 0.302. The maximum absolute atomic E-state index is 2.45. The van der Waals surface area contributed by atoms with Crippen molar-refractivity contribution in [1.29, 1.82) is 0 Å². The molecular formula is C60H38S. The topological polar surface area (TPSA) is 0 Å². The summed E-state index contributed by atoms with van der Waals surface area (Å²) < 4.78 is 2.71. The molecule has 284 valence electrons. The Hall–Kier alpha value is -7.32. The maximum atomic E-state index is 2.45. The first-order valence-corrected chi connectivity index (χ1v) is 22.2. The molecule has 0 spiro atoms. The highest BCUT2D eigenvalue weighted by atomic mass is 32.1. The van der Waals surface area contributed by atoms with E-state index in [1.54, 1.807) is 0 Å². The normalized spacial score (nSPS) is 14.4. The molecule has 1 atom stereocenters. The summed E-state index contributed by atoms with van der Waals surface area (Å²) in [7, 11) is 0. The molecule has 61 heavy (non-hydrogen) atoms. The number of benzene rings is 11. The van der Waals surface area contributed by atoms with Crippen LogP contribution in [0.3, 0.4) is 0 Å². The molecule has 0 amide bonds. The van der Waals surface area contributed by atoms with Crippen molar-refractivity contribution in [2.75, 3.05) is 0 Å². The van der Waals surface area contributed by atoms with E-state index < -0.39 is 0 Å². The van der Waals surface area contributed by atoms with Gasteiger partial charge < -0.3 is 0 Å². The Bertz CT molecular complexity index is 3780. The average Bonchev–Trinajstić information content (AvgIpc) is 3.71. The molecule has 12 aromatic rings. The molecule has 11 aromatic carbocycles. The van der Waals surface area contributed by atoms with Crippen LogP contribution in [0.1, 0.15) is 23.5 Å². The van der Waals surface area contributed by atoms with E-state index in [2.05, 4.69) is 212 Å². The zero-order chi connectivity index (χ0) is 40.0. The van der Waals surface area contributed by atoms with Crippen molar-refractivity contribution in [2.45, 2.75) is 12.3 Å². The van der Waals surface area contributed by atoms with Crippen molar-refractivity contribution in [1.82, 2.24) is 0 Å². The first kappa shape index (κ1) is 34.5. The SMILES string of the molecule is C1=CC(c2ccc3sc4ccccc4c3c2)CC(c2c3ccccc3c(-c3ccc(-c4cc5c6ccccc6c6ccccc6c5c5ccccc45)cc3)c3ccccc23)=C1. The highest BCUT2D eigenvalue weighted by Gasteiger charge is 2.23. The lowest BCUT2D eigenvalue weighted by atomic mass is 9.80. The van der Waals surface area contributed by atoms with Crippen LogP contribution in [0.25, 0.3) is 113 Å². The van der Waals surface area contributed by atoms with Gasteiger partial charge in [-0.2, -0.15) is 0 Å². The van der Waals surface area contributed by atoms with Crippen LogP contribution in [0.2, 0.25) is 0 Å². The molecule has 0 fully saturated rings. The van der Waals surface area contributed by atoms with Crippen molar-refractivity contribution in [3.8, 4) is 22.3 Å². The van der Waals surface area contributed by atoms with E-state index in [0.29, 0.717) is 5.92 Å². The minimum absolute atomic E-state index is 0.302. The van der Waals surface area contributed by atoms with Gasteiger partial charge in [0.1, 0.15) is 0 Å².